The molecule has 0 aliphatic heterocycles. The Morgan fingerprint density at radius 1 is 1.04 bits per heavy atom. The predicted molar refractivity (Wildman–Crippen MR) is 112 cm³/mol. The summed E-state index contributed by atoms with van der Waals surface area (Å²) in [5.74, 6) is 1.90. The van der Waals surface area contributed by atoms with Gasteiger partial charge >= 0.3 is 0 Å². The molecule has 0 atom stereocenters. The molecule has 0 fully saturated rings. The number of nitrogens with zero attached hydrogens (tertiary/aromatic N) is 2. The third-order valence-electron chi connectivity index (χ3n) is 3.25. The fourth-order valence-corrected chi connectivity index (χ4v) is 4.79. The highest BCUT2D eigenvalue weighted by Crippen LogP contribution is 2.29. The van der Waals surface area contributed by atoms with E-state index in [1.165, 1.54) is 16.9 Å². The van der Waals surface area contributed by atoms with Gasteiger partial charge in [-0.25, -0.2) is 0 Å². The van der Waals surface area contributed by atoms with Gasteiger partial charge in [-0.05, 0) is 23.3 Å². The van der Waals surface area contributed by atoms with Crippen LogP contribution in [0.1, 0.15) is 11.1 Å². The second kappa shape index (κ2) is 9.97. The highest BCUT2D eigenvalue weighted by atomic mass is 35.5. The minimum atomic E-state index is -0.0616. The Labute approximate surface area is 169 Å². The van der Waals surface area contributed by atoms with Crippen molar-refractivity contribution in [3.63, 3.8) is 0 Å². The summed E-state index contributed by atoms with van der Waals surface area (Å²) in [5.41, 5.74) is 2.33. The minimum absolute atomic E-state index is 0.0616. The number of carbonyl (C=O) groups excluding carboxylic acids is 1. The second-order valence-electron chi connectivity index (χ2n) is 5.32. The van der Waals surface area contributed by atoms with Crippen molar-refractivity contribution in [1.29, 1.82) is 0 Å². The average molecular weight is 422 g/mol. The largest absolute Gasteiger partial charge is 0.300 e. The van der Waals surface area contributed by atoms with Crippen molar-refractivity contribution < 1.29 is 4.79 Å². The first kappa shape index (κ1) is 19.2. The molecule has 3 rings (SSSR count). The highest BCUT2D eigenvalue weighted by molar-refractivity contribution is 8.00. The fourth-order valence-electron chi connectivity index (χ4n) is 2.08. The predicted octanol–water partition coefficient (Wildman–Crippen LogP) is 5.36. The molecule has 134 valence electrons. The van der Waals surface area contributed by atoms with Crippen molar-refractivity contribution in [2.24, 2.45) is 0 Å². The molecule has 0 unspecified atom stereocenters. The molecule has 0 radical (unpaired) electrons. The number of hydrogen-bond donors (Lipinski definition) is 1. The Morgan fingerprint density at radius 3 is 2.65 bits per heavy atom. The summed E-state index contributed by atoms with van der Waals surface area (Å²) >= 11 is 10.5. The number of carbonyl (C=O) groups is 1. The van der Waals surface area contributed by atoms with E-state index in [2.05, 4.69) is 27.6 Å². The zero-order valence-corrected chi connectivity index (χ0v) is 16.9. The number of anilines is 1. The molecular formula is C18H16ClN3OS3. The molecule has 0 saturated heterocycles. The van der Waals surface area contributed by atoms with E-state index in [1.54, 1.807) is 23.5 Å². The van der Waals surface area contributed by atoms with Gasteiger partial charge in [0.25, 0.3) is 0 Å². The highest BCUT2D eigenvalue weighted by Gasteiger charge is 2.09. The Hall–Kier alpha value is -1.54. The van der Waals surface area contributed by atoms with Crippen molar-refractivity contribution in [2.75, 3.05) is 11.1 Å². The zero-order chi connectivity index (χ0) is 18.2. The molecule has 4 nitrogen and oxygen atoms in total. The van der Waals surface area contributed by atoms with Crippen LogP contribution in [0, 0.1) is 0 Å². The lowest BCUT2D eigenvalue weighted by molar-refractivity contribution is -0.113. The molecule has 0 saturated carbocycles. The van der Waals surface area contributed by atoms with Crippen LogP contribution in [0.15, 0.2) is 58.9 Å². The van der Waals surface area contributed by atoms with Crippen LogP contribution in [0.5, 0.6) is 0 Å². The molecule has 0 aliphatic carbocycles. The van der Waals surface area contributed by atoms with Gasteiger partial charge in [-0.3, -0.25) is 10.1 Å². The molecule has 0 aliphatic rings. The molecule has 0 spiro atoms. The van der Waals surface area contributed by atoms with Crippen LogP contribution in [0.4, 0.5) is 5.13 Å². The van der Waals surface area contributed by atoms with Crippen LogP contribution in [0.25, 0.3) is 0 Å². The maximum atomic E-state index is 12.0. The summed E-state index contributed by atoms with van der Waals surface area (Å²) in [6.45, 7) is 0. The average Bonchev–Trinajstić information content (AvgIpc) is 3.08. The minimum Gasteiger partial charge on any atom is -0.300 e. The van der Waals surface area contributed by atoms with Crippen LogP contribution in [0.3, 0.4) is 0 Å². The number of halogens is 1. The van der Waals surface area contributed by atoms with Gasteiger partial charge in [0.2, 0.25) is 11.0 Å². The van der Waals surface area contributed by atoms with Crippen LogP contribution in [0.2, 0.25) is 5.02 Å². The Morgan fingerprint density at radius 2 is 1.85 bits per heavy atom. The Bertz CT molecular complexity index is 858. The molecule has 3 aromatic rings. The third-order valence-corrected chi connectivity index (χ3v) is 6.53. The Balaban J connectivity index is 1.42. The normalized spacial score (nSPS) is 10.7. The van der Waals surface area contributed by atoms with Gasteiger partial charge in [0.05, 0.1) is 5.75 Å². The number of hydrogen-bond acceptors (Lipinski definition) is 6. The van der Waals surface area contributed by atoms with Crippen molar-refractivity contribution in [2.45, 2.75) is 15.8 Å². The molecule has 2 aromatic carbocycles. The van der Waals surface area contributed by atoms with Gasteiger partial charge in [0.1, 0.15) is 0 Å². The van der Waals surface area contributed by atoms with Crippen molar-refractivity contribution >= 4 is 57.5 Å². The first-order valence-corrected chi connectivity index (χ1v) is 11.1. The van der Waals surface area contributed by atoms with E-state index >= 15 is 0 Å². The summed E-state index contributed by atoms with van der Waals surface area (Å²) < 4.78 is 0.817. The number of amides is 1. The summed E-state index contributed by atoms with van der Waals surface area (Å²) in [6.07, 6.45) is 0. The van der Waals surface area contributed by atoms with Crippen molar-refractivity contribution in [3.05, 3.63) is 70.7 Å². The Kier molecular flexibility index (Phi) is 7.37. The maximum Gasteiger partial charge on any atom is 0.236 e. The fraction of sp³-hybridized carbons (Fsp3) is 0.167. The maximum absolute atomic E-state index is 12.0. The van der Waals surface area contributed by atoms with Gasteiger partial charge in [-0.2, -0.15) is 0 Å². The van der Waals surface area contributed by atoms with Gasteiger partial charge in [-0.15, -0.1) is 22.0 Å². The summed E-state index contributed by atoms with van der Waals surface area (Å²) in [7, 11) is 0. The lowest BCUT2D eigenvalue weighted by Crippen LogP contribution is -2.13. The first-order valence-electron chi connectivity index (χ1n) is 7.81. The molecular weight excluding hydrogens is 406 g/mol. The topological polar surface area (TPSA) is 54.9 Å². The molecule has 1 heterocycles. The van der Waals surface area contributed by atoms with E-state index in [-0.39, 0.29) is 5.91 Å². The summed E-state index contributed by atoms with van der Waals surface area (Å²) in [4.78, 5) is 12.0. The van der Waals surface area contributed by atoms with E-state index in [0.29, 0.717) is 10.9 Å². The van der Waals surface area contributed by atoms with Gasteiger partial charge in [-0.1, -0.05) is 77.2 Å². The molecule has 1 amide bonds. The SMILES string of the molecule is O=C(CSCc1ccccc1)Nc1nnc(SCc2cccc(Cl)c2)s1. The number of thioether (sulfide) groups is 2. The van der Waals surface area contributed by atoms with E-state index in [0.717, 1.165) is 26.4 Å². The first-order chi connectivity index (χ1) is 12.7. The summed E-state index contributed by atoms with van der Waals surface area (Å²) in [6, 6.07) is 17.8. The van der Waals surface area contributed by atoms with Gasteiger partial charge in [0.15, 0.2) is 4.34 Å². The standard InChI is InChI=1S/C18H16ClN3OS3/c19-15-8-4-7-14(9-15)11-25-18-22-21-17(26-18)20-16(23)12-24-10-13-5-2-1-3-6-13/h1-9H,10-12H2,(H,20,21,23). The quantitative estimate of drug-likeness (QED) is 0.392. The molecule has 1 N–H and O–H groups in total. The second-order valence-corrected chi connectivity index (χ2v) is 8.94. The van der Waals surface area contributed by atoms with E-state index in [1.807, 2.05) is 42.5 Å². The van der Waals surface area contributed by atoms with Crippen LogP contribution in [-0.4, -0.2) is 21.9 Å². The smallest absolute Gasteiger partial charge is 0.236 e. The molecule has 26 heavy (non-hydrogen) atoms. The van der Waals surface area contributed by atoms with Crippen LogP contribution >= 0.6 is 46.5 Å². The molecule has 1 aromatic heterocycles. The molecule has 0 bridgehead atoms. The van der Waals surface area contributed by atoms with Crippen LogP contribution < -0.4 is 5.32 Å². The van der Waals surface area contributed by atoms with Crippen molar-refractivity contribution in [3.8, 4) is 0 Å². The number of aromatic nitrogens is 2. The van der Waals surface area contributed by atoms with Crippen molar-refractivity contribution in [1.82, 2.24) is 10.2 Å². The zero-order valence-electron chi connectivity index (χ0n) is 13.7. The van der Waals surface area contributed by atoms with E-state index in [9.17, 15) is 4.79 Å². The van der Waals surface area contributed by atoms with E-state index < -0.39 is 0 Å². The van der Waals surface area contributed by atoms with Gasteiger partial charge in [0, 0.05) is 16.5 Å². The van der Waals surface area contributed by atoms with E-state index in [4.69, 9.17) is 11.6 Å². The van der Waals surface area contributed by atoms with Gasteiger partial charge < -0.3 is 0 Å². The number of nitrogens with one attached hydrogen (secondary N) is 1. The monoisotopic (exact) mass is 421 g/mol. The lowest BCUT2D eigenvalue weighted by atomic mass is 10.2. The number of rotatable bonds is 8. The summed E-state index contributed by atoms with van der Waals surface area (Å²) in [5, 5.41) is 12.2. The third kappa shape index (κ3) is 6.32. The van der Waals surface area contributed by atoms with Crippen LogP contribution in [-0.2, 0) is 16.3 Å². The number of benzene rings is 2. The lowest BCUT2D eigenvalue weighted by Gasteiger charge is -2.02. The molecule has 8 heteroatoms.